The highest BCUT2D eigenvalue weighted by Crippen LogP contribution is 2.30. The number of alkyl halides is 4. The molecule has 0 spiro atoms. The molecule has 0 aliphatic carbocycles. The first-order chi connectivity index (χ1) is 11.3. The van der Waals surface area contributed by atoms with Gasteiger partial charge in [-0.2, -0.15) is 13.2 Å². The summed E-state index contributed by atoms with van der Waals surface area (Å²) in [6, 6.07) is 10.3. The van der Waals surface area contributed by atoms with Crippen LogP contribution in [0.4, 0.5) is 24.5 Å². The van der Waals surface area contributed by atoms with Gasteiger partial charge < -0.3 is 10.6 Å². The molecule has 2 aromatic rings. The molecule has 0 aliphatic heterocycles. The number of hydrogen-bond donors (Lipinski definition) is 2. The van der Waals surface area contributed by atoms with E-state index in [0.29, 0.717) is 5.69 Å². The third kappa shape index (κ3) is 4.73. The molecule has 0 aliphatic rings. The number of nitrogens with one attached hydrogen (secondary N) is 2. The molecule has 8 heteroatoms. The van der Waals surface area contributed by atoms with E-state index in [0.717, 1.165) is 12.1 Å². The first kappa shape index (κ1) is 17.8. The summed E-state index contributed by atoms with van der Waals surface area (Å²) in [4.78, 5) is 23.4. The van der Waals surface area contributed by atoms with Crippen LogP contribution in [-0.4, -0.2) is 17.7 Å². The third-order valence-electron chi connectivity index (χ3n) is 2.98. The Kier molecular flexibility index (Phi) is 5.46. The Morgan fingerprint density at radius 1 is 0.958 bits per heavy atom. The van der Waals surface area contributed by atoms with Crippen LogP contribution in [0.2, 0.25) is 0 Å². The predicted octanol–water partition coefficient (Wildman–Crippen LogP) is 4.14. The van der Waals surface area contributed by atoms with Gasteiger partial charge in [-0.25, -0.2) is 0 Å². The number of halogens is 4. The Morgan fingerprint density at radius 2 is 1.58 bits per heavy atom. The summed E-state index contributed by atoms with van der Waals surface area (Å²) in [6.45, 7) is 0. The number of carbonyl (C=O) groups is 2. The second-order valence-electron chi connectivity index (χ2n) is 4.80. The van der Waals surface area contributed by atoms with Gasteiger partial charge in [0.15, 0.2) is 0 Å². The maximum atomic E-state index is 12.7. The number of benzene rings is 2. The molecule has 0 atom stereocenters. The van der Waals surface area contributed by atoms with Crippen LogP contribution in [0.25, 0.3) is 0 Å². The second kappa shape index (κ2) is 7.35. The highest BCUT2D eigenvalue weighted by Gasteiger charge is 2.30. The van der Waals surface area contributed by atoms with Crippen molar-refractivity contribution in [1.29, 1.82) is 0 Å². The van der Waals surface area contributed by atoms with Gasteiger partial charge in [0.05, 0.1) is 5.56 Å². The molecular weight excluding hydrogens is 345 g/mol. The van der Waals surface area contributed by atoms with E-state index in [4.69, 9.17) is 11.6 Å². The zero-order chi connectivity index (χ0) is 17.7. The van der Waals surface area contributed by atoms with Gasteiger partial charge >= 0.3 is 6.18 Å². The Hall–Kier alpha value is -2.54. The van der Waals surface area contributed by atoms with Crippen LogP contribution in [0.3, 0.4) is 0 Å². The molecule has 4 nitrogen and oxygen atoms in total. The van der Waals surface area contributed by atoms with Gasteiger partial charge in [0.25, 0.3) is 5.91 Å². The van der Waals surface area contributed by atoms with Crippen LogP contribution in [0.5, 0.6) is 0 Å². The molecule has 2 amide bonds. The van der Waals surface area contributed by atoms with Crippen molar-refractivity contribution in [3.8, 4) is 0 Å². The summed E-state index contributed by atoms with van der Waals surface area (Å²) in [6.07, 6.45) is -4.49. The molecule has 0 heterocycles. The molecule has 2 N–H and O–H groups in total. The molecule has 0 saturated heterocycles. The Morgan fingerprint density at radius 3 is 2.21 bits per heavy atom. The molecule has 126 valence electrons. The van der Waals surface area contributed by atoms with Crippen LogP contribution in [0.1, 0.15) is 15.9 Å². The van der Waals surface area contributed by atoms with Crippen LogP contribution in [-0.2, 0) is 11.0 Å². The topological polar surface area (TPSA) is 58.2 Å². The highest BCUT2D eigenvalue weighted by atomic mass is 35.5. The summed E-state index contributed by atoms with van der Waals surface area (Å²) >= 11 is 5.38. The Balaban J connectivity index is 2.15. The summed E-state index contributed by atoms with van der Waals surface area (Å²) in [5, 5.41) is 4.87. The quantitative estimate of drug-likeness (QED) is 0.809. The van der Waals surface area contributed by atoms with E-state index in [1.807, 2.05) is 0 Å². The van der Waals surface area contributed by atoms with Gasteiger partial charge in [-0.05, 0) is 36.4 Å². The molecule has 0 fully saturated rings. The monoisotopic (exact) mass is 356 g/mol. The van der Waals surface area contributed by atoms with Gasteiger partial charge in [0.1, 0.15) is 5.88 Å². The molecule has 2 rings (SSSR count). The Labute approximate surface area is 140 Å². The van der Waals surface area contributed by atoms with Crippen molar-refractivity contribution in [2.24, 2.45) is 0 Å². The van der Waals surface area contributed by atoms with Crippen LogP contribution >= 0.6 is 11.6 Å². The van der Waals surface area contributed by atoms with E-state index in [2.05, 4.69) is 10.6 Å². The zero-order valence-electron chi connectivity index (χ0n) is 12.2. The number of amides is 2. The summed E-state index contributed by atoms with van der Waals surface area (Å²) in [5.41, 5.74) is -0.300. The molecule has 24 heavy (non-hydrogen) atoms. The van der Waals surface area contributed by atoms with E-state index >= 15 is 0 Å². The second-order valence-corrected chi connectivity index (χ2v) is 5.06. The van der Waals surface area contributed by atoms with E-state index in [9.17, 15) is 22.8 Å². The maximum Gasteiger partial charge on any atom is 0.416 e. The van der Waals surface area contributed by atoms with Gasteiger partial charge in [0.2, 0.25) is 5.91 Å². The van der Waals surface area contributed by atoms with Crippen molar-refractivity contribution in [3.05, 3.63) is 59.7 Å². The normalized spacial score (nSPS) is 11.0. The maximum absolute atomic E-state index is 12.7. The number of anilines is 2. The molecule has 0 bridgehead atoms. The summed E-state index contributed by atoms with van der Waals surface area (Å²) in [5.74, 6) is -1.27. The molecule has 0 saturated carbocycles. The van der Waals surface area contributed by atoms with Crippen molar-refractivity contribution in [3.63, 3.8) is 0 Å². The lowest BCUT2D eigenvalue weighted by atomic mass is 10.1. The summed E-state index contributed by atoms with van der Waals surface area (Å²) in [7, 11) is 0. The molecule has 0 radical (unpaired) electrons. The summed E-state index contributed by atoms with van der Waals surface area (Å²) < 4.78 is 38.0. The molecule has 0 unspecified atom stereocenters. The largest absolute Gasteiger partial charge is 0.416 e. The predicted molar refractivity (Wildman–Crippen MR) is 85.2 cm³/mol. The van der Waals surface area contributed by atoms with Crippen LogP contribution in [0, 0.1) is 0 Å². The third-order valence-corrected chi connectivity index (χ3v) is 3.22. The fourth-order valence-electron chi connectivity index (χ4n) is 1.91. The first-order valence-electron chi connectivity index (χ1n) is 6.74. The van der Waals surface area contributed by atoms with E-state index in [1.54, 1.807) is 6.07 Å². The first-order valence-corrected chi connectivity index (χ1v) is 7.27. The fourth-order valence-corrected chi connectivity index (χ4v) is 1.98. The number of rotatable bonds is 4. The Bertz CT molecular complexity index is 763. The minimum absolute atomic E-state index is 0.0185. The van der Waals surface area contributed by atoms with E-state index < -0.39 is 23.6 Å². The fraction of sp³-hybridized carbons (Fsp3) is 0.125. The van der Waals surface area contributed by atoms with Crippen molar-refractivity contribution < 1.29 is 22.8 Å². The average Bonchev–Trinajstić information content (AvgIpc) is 2.54. The molecular formula is C16H12ClF3N2O2. The van der Waals surface area contributed by atoms with Crippen molar-refractivity contribution in [2.75, 3.05) is 16.5 Å². The average molecular weight is 357 g/mol. The van der Waals surface area contributed by atoms with Crippen molar-refractivity contribution >= 4 is 34.8 Å². The lowest BCUT2D eigenvalue weighted by molar-refractivity contribution is -0.137. The molecule has 0 aromatic heterocycles. The van der Waals surface area contributed by atoms with Gasteiger partial charge in [-0.15, -0.1) is 11.6 Å². The van der Waals surface area contributed by atoms with Crippen molar-refractivity contribution in [2.45, 2.75) is 6.18 Å². The van der Waals surface area contributed by atoms with E-state index in [1.165, 1.54) is 30.3 Å². The minimum atomic E-state index is -4.49. The standard InChI is InChI=1S/C16H12ClF3N2O2/c17-9-14(23)21-12-5-1-3-10(7-12)15(24)22-13-6-2-4-11(8-13)16(18,19)20/h1-8H,9H2,(H,21,23)(H,22,24). The van der Waals surface area contributed by atoms with Gasteiger partial charge in [-0.1, -0.05) is 12.1 Å². The molecule has 2 aromatic carbocycles. The van der Waals surface area contributed by atoms with E-state index in [-0.39, 0.29) is 17.1 Å². The van der Waals surface area contributed by atoms with Crippen molar-refractivity contribution in [1.82, 2.24) is 0 Å². The smallest absolute Gasteiger partial charge is 0.325 e. The van der Waals surface area contributed by atoms with Crippen LogP contribution < -0.4 is 10.6 Å². The minimum Gasteiger partial charge on any atom is -0.325 e. The lowest BCUT2D eigenvalue weighted by Gasteiger charge is -2.10. The SMILES string of the molecule is O=C(CCl)Nc1cccc(C(=O)Nc2cccc(C(F)(F)F)c2)c1. The number of hydrogen-bond acceptors (Lipinski definition) is 2. The highest BCUT2D eigenvalue weighted by molar-refractivity contribution is 6.29. The number of carbonyl (C=O) groups excluding carboxylic acids is 2. The zero-order valence-corrected chi connectivity index (χ0v) is 12.9. The van der Waals surface area contributed by atoms with Gasteiger partial charge in [-0.3, -0.25) is 9.59 Å². The lowest BCUT2D eigenvalue weighted by Crippen LogP contribution is -2.15. The van der Waals surface area contributed by atoms with Gasteiger partial charge in [0, 0.05) is 16.9 Å². The van der Waals surface area contributed by atoms with Crippen LogP contribution in [0.15, 0.2) is 48.5 Å².